The number of aryl methyl sites for hydroxylation is 1. The summed E-state index contributed by atoms with van der Waals surface area (Å²) in [5.41, 5.74) is 5.53. The number of nitrogens with one attached hydrogen (secondary N) is 2. The van der Waals surface area contributed by atoms with Crippen molar-refractivity contribution in [2.45, 2.75) is 32.2 Å². The van der Waals surface area contributed by atoms with Crippen molar-refractivity contribution in [1.82, 2.24) is 20.2 Å². The molecule has 0 bridgehead atoms. The van der Waals surface area contributed by atoms with E-state index in [0.29, 0.717) is 0 Å². The normalized spacial score (nSPS) is 16.2. The first-order chi connectivity index (χ1) is 18.1. The molecule has 2 heterocycles. The highest BCUT2D eigenvalue weighted by Gasteiger charge is 2.51. The Labute approximate surface area is 220 Å². The third-order valence-corrected chi connectivity index (χ3v) is 7.83. The molecule has 5 rings (SSSR count). The first-order valence-corrected chi connectivity index (χ1v) is 13.3. The van der Waals surface area contributed by atoms with Crippen LogP contribution >= 0.6 is 0 Å². The molecule has 0 spiro atoms. The third kappa shape index (κ3) is 4.70. The largest absolute Gasteiger partial charge is 0.497 e. The van der Waals surface area contributed by atoms with E-state index in [0.717, 1.165) is 54.7 Å². The van der Waals surface area contributed by atoms with Gasteiger partial charge in [-0.2, -0.15) is 0 Å². The molecular weight excluding hydrogens is 456 g/mol. The van der Waals surface area contributed by atoms with Crippen molar-refractivity contribution >= 4 is 0 Å². The number of methoxy groups -OCH3 is 1. The number of ether oxygens (including phenoxy) is 1. The Bertz CT molecular complexity index is 1260. The second-order valence-corrected chi connectivity index (χ2v) is 10.3. The van der Waals surface area contributed by atoms with Crippen molar-refractivity contribution in [2.24, 2.45) is 5.92 Å². The quantitative estimate of drug-likeness (QED) is 0.316. The number of rotatable bonds is 8. The number of benzene rings is 3. The van der Waals surface area contributed by atoms with E-state index in [-0.39, 0.29) is 17.4 Å². The van der Waals surface area contributed by atoms with E-state index >= 15 is 0 Å². The second kappa shape index (κ2) is 10.9. The molecule has 3 aromatic carbocycles. The van der Waals surface area contributed by atoms with Crippen LogP contribution in [0.3, 0.4) is 0 Å². The fourth-order valence-electron chi connectivity index (χ4n) is 6.22. The van der Waals surface area contributed by atoms with Gasteiger partial charge < -0.3 is 15.0 Å². The zero-order chi connectivity index (χ0) is 25.8. The van der Waals surface area contributed by atoms with Gasteiger partial charge >= 0.3 is 0 Å². The molecule has 4 aromatic rings. The van der Waals surface area contributed by atoms with Gasteiger partial charge in [-0.25, -0.2) is 4.98 Å². The van der Waals surface area contributed by atoms with Crippen molar-refractivity contribution in [3.63, 3.8) is 0 Å². The van der Waals surface area contributed by atoms with Crippen molar-refractivity contribution in [2.75, 3.05) is 33.3 Å². The van der Waals surface area contributed by atoms with Crippen LogP contribution in [0.4, 0.5) is 0 Å². The van der Waals surface area contributed by atoms with Gasteiger partial charge in [0, 0.05) is 43.4 Å². The molecule has 1 unspecified atom stereocenters. The van der Waals surface area contributed by atoms with Crippen molar-refractivity contribution < 1.29 is 4.74 Å². The highest BCUT2D eigenvalue weighted by molar-refractivity contribution is 5.59. The Balaban J connectivity index is 1.78. The number of aromatic nitrogens is 2. The van der Waals surface area contributed by atoms with E-state index in [1.807, 2.05) is 12.1 Å². The number of imidazole rings is 1. The number of hydrogen-bond donors (Lipinski definition) is 2. The zero-order valence-corrected chi connectivity index (χ0v) is 22.4. The van der Waals surface area contributed by atoms with Gasteiger partial charge in [-0.15, -0.1) is 0 Å². The van der Waals surface area contributed by atoms with Gasteiger partial charge in [0.1, 0.15) is 11.6 Å². The van der Waals surface area contributed by atoms with Gasteiger partial charge in [0.25, 0.3) is 0 Å². The lowest BCUT2D eigenvalue weighted by molar-refractivity contribution is 0.0108. The van der Waals surface area contributed by atoms with E-state index in [9.17, 15) is 0 Å². The lowest BCUT2D eigenvalue weighted by Crippen LogP contribution is -2.60. The highest BCUT2D eigenvalue weighted by atomic mass is 16.5. The first kappa shape index (κ1) is 25.2. The van der Waals surface area contributed by atoms with Gasteiger partial charge in [-0.05, 0) is 36.1 Å². The molecule has 0 amide bonds. The van der Waals surface area contributed by atoms with Crippen molar-refractivity contribution in [3.8, 4) is 17.1 Å². The minimum Gasteiger partial charge on any atom is -0.497 e. The van der Waals surface area contributed by atoms with E-state index in [4.69, 9.17) is 9.72 Å². The summed E-state index contributed by atoms with van der Waals surface area (Å²) in [6.07, 6.45) is 0. The van der Waals surface area contributed by atoms with Crippen LogP contribution in [0.1, 0.15) is 42.3 Å². The molecule has 37 heavy (non-hydrogen) atoms. The molecule has 0 aliphatic carbocycles. The summed E-state index contributed by atoms with van der Waals surface area (Å²) in [6.45, 7) is 10.8. The van der Waals surface area contributed by atoms with Gasteiger partial charge in [-0.1, -0.05) is 86.6 Å². The minimum absolute atomic E-state index is 0.105. The maximum absolute atomic E-state index is 5.51. The molecule has 1 saturated heterocycles. The molecule has 0 radical (unpaired) electrons. The Morgan fingerprint density at radius 3 is 2.05 bits per heavy atom. The molecule has 5 heteroatoms. The SMILES string of the molecule is COc1cccc(-c2nc(C(C(C)C)(C(c3ccccc3)c3ccccc3)N3CCNCC3)c(C)[nH]2)c1. The van der Waals surface area contributed by atoms with Crippen LogP contribution in [-0.4, -0.2) is 48.2 Å². The molecule has 5 nitrogen and oxygen atoms in total. The predicted octanol–water partition coefficient (Wildman–Crippen LogP) is 5.98. The molecule has 0 saturated carbocycles. The topological polar surface area (TPSA) is 53.2 Å². The molecule has 1 fully saturated rings. The lowest BCUT2D eigenvalue weighted by Gasteiger charge is -2.53. The summed E-state index contributed by atoms with van der Waals surface area (Å²) >= 11 is 0. The molecular formula is C32H38N4O. The molecule has 1 aliphatic rings. The first-order valence-electron chi connectivity index (χ1n) is 13.3. The summed E-state index contributed by atoms with van der Waals surface area (Å²) in [5.74, 6) is 2.10. The minimum atomic E-state index is -0.359. The smallest absolute Gasteiger partial charge is 0.138 e. The van der Waals surface area contributed by atoms with Gasteiger partial charge in [0.15, 0.2) is 0 Å². The second-order valence-electron chi connectivity index (χ2n) is 10.3. The number of nitrogens with zero attached hydrogens (tertiary/aromatic N) is 2. The van der Waals surface area contributed by atoms with E-state index in [2.05, 4.69) is 109 Å². The van der Waals surface area contributed by atoms with Crippen molar-refractivity contribution in [1.29, 1.82) is 0 Å². The Hall–Kier alpha value is -3.41. The zero-order valence-electron chi connectivity index (χ0n) is 22.4. The molecule has 1 aliphatic heterocycles. The van der Waals surface area contributed by atoms with Crippen LogP contribution in [0, 0.1) is 12.8 Å². The summed E-state index contributed by atoms with van der Waals surface area (Å²) in [4.78, 5) is 11.8. The van der Waals surface area contributed by atoms with Crippen LogP contribution in [0.5, 0.6) is 5.75 Å². The molecule has 2 N–H and O–H groups in total. The number of H-pyrrole nitrogens is 1. The van der Waals surface area contributed by atoms with E-state index < -0.39 is 0 Å². The maximum atomic E-state index is 5.51. The van der Waals surface area contributed by atoms with Crippen LogP contribution in [-0.2, 0) is 5.54 Å². The standard InChI is InChI=1S/C32H38N4O/c1-23(2)32(36-20-18-33-19-21-36,29(25-12-7-5-8-13-25)26-14-9-6-10-15-26)30-24(3)34-31(35-30)27-16-11-17-28(22-27)37-4/h5-17,22-23,29,33H,18-21H2,1-4H3,(H,34,35). The molecule has 1 atom stereocenters. The summed E-state index contributed by atoms with van der Waals surface area (Å²) in [6, 6.07) is 30.1. The van der Waals surface area contributed by atoms with E-state index in [1.54, 1.807) is 7.11 Å². The highest BCUT2D eigenvalue weighted by Crippen LogP contribution is 2.51. The average molecular weight is 495 g/mol. The monoisotopic (exact) mass is 494 g/mol. The van der Waals surface area contributed by atoms with Crippen molar-refractivity contribution in [3.05, 3.63) is 107 Å². The van der Waals surface area contributed by atoms with Gasteiger partial charge in [0.2, 0.25) is 0 Å². The number of piperazine rings is 1. The molecule has 1 aromatic heterocycles. The van der Waals surface area contributed by atoms with Crippen LogP contribution in [0.15, 0.2) is 84.9 Å². The van der Waals surface area contributed by atoms with E-state index in [1.165, 1.54) is 11.1 Å². The van der Waals surface area contributed by atoms with Crippen LogP contribution in [0.2, 0.25) is 0 Å². The Morgan fingerprint density at radius 2 is 1.49 bits per heavy atom. The number of aromatic amines is 1. The third-order valence-electron chi connectivity index (χ3n) is 7.83. The Kier molecular flexibility index (Phi) is 7.45. The van der Waals surface area contributed by atoms with Gasteiger partial charge in [0.05, 0.1) is 18.3 Å². The lowest BCUT2D eigenvalue weighted by atomic mass is 9.65. The number of hydrogen-bond acceptors (Lipinski definition) is 4. The van der Waals surface area contributed by atoms with Gasteiger partial charge in [-0.3, -0.25) is 4.90 Å². The fraction of sp³-hybridized carbons (Fsp3) is 0.344. The Morgan fingerprint density at radius 1 is 0.865 bits per heavy atom. The predicted molar refractivity (Wildman–Crippen MR) is 151 cm³/mol. The fourth-order valence-corrected chi connectivity index (χ4v) is 6.22. The summed E-state index contributed by atoms with van der Waals surface area (Å²) in [7, 11) is 1.70. The summed E-state index contributed by atoms with van der Waals surface area (Å²) in [5, 5.41) is 3.57. The van der Waals surface area contributed by atoms with Crippen LogP contribution in [0.25, 0.3) is 11.4 Å². The van der Waals surface area contributed by atoms with Crippen LogP contribution < -0.4 is 10.1 Å². The maximum Gasteiger partial charge on any atom is 0.138 e. The molecule has 192 valence electrons. The average Bonchev–Trinajstić information content (AvgIpc) is 3.34. The summed E-state index contributed by atoms with van der Waals surface area (Å²) < 4.78 is 5.51.